The van der Waals surface area contributed by atoms with Crippen molar-refractivity contribution >= 4 is 9.76 Å². The van der Waals surface area contributed by atoms with Crippen LogP contribution in [-0.4, -0.2) is 15.4 Å². The zero-order chi connectivity index (χ0) is 9.73. The van der Waals surface area contributed by atoms with Gasteiger partial charge in [0.15, 0.2) is 9.76 Å². The van der Waals surface area contributed by atoms with Crippen LogP contribution in [0.25, 0.3) is 0 Å². The fraction of sp³-hybridized carbons (Fsp3) is 0.636. The summed E-state index contributed by atoms with van der Waals surface area (Å²) in [6, 6.07) is 0. The first-order chi connectivity index (χ1) is 6.20. The van der Waals surface area contributed by atoms with Crippen molar-refractivity contribution in [3.8, 4) is 0 Å². The van der Waals surface area contributed by atoms with Crippen LogP contribution in [0.5, 0.6) is 0 Å². The van der Waals surface area contributed by atoms with Crippen molar-refractivity contribution in [1.82, 2.24) is 0 Å². The molecule has 0 aromatic carbocycles. The zero-order valence-electron chi connectivity index (χ0n) is 8.97. The van der Waals surface area contributed by atoms with Gasteiger partial charge in [-0.05, 0) is 26.2 Å². The Morgan fingerprint density at radius 1 is 1.46 bits per heavy atom. The van der Waals surface area contributed by atoms with Crippen LogP contribution in [0.3, 0.4) is 0 Å². The maximum Gasteiger partial charge on any atom is 0.189 e. The second-order valence-electron chi connectivity index (χ2n) is 3.90. The highest BCUT2D eigenvalue weighted by molar-refractivity contribution is 6.38. The van der Waals surface area contributed by atoms with Crippen LogP contribution >= 0.6 is 0 Å². The number of rotatable bonds is 5. The molecule has 0 aliphatic heterocycles. The first kappa shape index (κ1) is 10.7. The van der Waals surface area contributed by atoms with E-state index in [1.165, 1.54) is 5.20 Å². The number of allylic oxidation sites excluding steroid dienone is 4. The van der Waals surface area contributed by atoms with Crippen LogP contribution in [0.2, 0.25) is 0 Å². The Hall–Kier alpha value is -0.343. The van der Waals surface area contributed by atoms with E-state index in [1.54, 1.807) is 0 Å². The molecule has 0 spiro atoms. The fourth-order valence-electron chi connectivity index (χ4n) is 1.32. The molecule has 0 N–H and O–H groups in total. The topological polar surface area (TPSA) is 9.23 Å². The third kappa shape index (κ3) is 3.12. The van der Waals surface area contributed by atoms with Crippen molar-refractivity contribution < 1.29 is 4.43 Å². The van der Waals surface area contributed by atoms with Gasteiger partial charge in [-0.15, -0.1) is 0 Å². The molecule has 0 bridgehead atoms. The third-order valence-electron chi connectivity index (χ3n) is 2.95. The molecule has 0 atom stereocenters. The first-order valence-electron chi connectivity index (χ1n) is 5.18. The first-order valence-corrected chi connectivity index (χ1v) is 6.47. The van der Waals surface area contributed by atoms with Crippen LogP contribution in [0.15, 0.2) is 23.4 Å². The standard InChI is InChI=1S/C11H20OSi/c1-4-11(3,5-2)12-13-10-8-6-7-9-10/h6-8H,4-5,9,13H2,1-3H3. The molecule has 0 aromatic rings. The molecule has 1 nitrogen and oxygen atoms in total. The largest absolute Gasteiger partial charge is 0.414 e. The summed E-state index contributed by atoms with van der Waals surface area (Å²) in [5.41, 5.74) is 0.135. The maximum absolute atomic E-state index is 6.04. The predicted molar refractivity (Wildman–Crippen MR) is 60.5 cm³/mol. The molecule has 0 amide bonds. The molecule has 2 heteroatoms. The van der Waals surface area contributed by atoms with Gasteiger partial charge in [-0.25, -0.2) is 0 Å². The van der Waals surface area contributed by atoms with Gasteiger partial charge in [0.2, 0.25) is 0 Å². The van der Waals surface area contributed by atoms with E-state index in [0.717, 1.165) is 19.3 Å². The Balaban J connectivity index is 2.32. The average molecular weight is 196 g/mol. The Bertz CT molecular complexity index is 214. The molecule has 74 valence electrons. The molecular formula is C11H20OSi. The van der Waals surface area contributed by atoms with Gasteiger partial charge < -0.3 is 4.43 Å². The summed E-state index contributed by atoms with van der Waals surface area (Å²) >= 11 is 0. The normalized spacial score (nSPS) is 17.3. The number of hydrogen-bond donors (Lipinski definition) is 0. The summed E-state index contributed by atoms with van der Waals surface area (Å²) in [5, 5.41) is 1.54. The van der Waals surface area contributed by atoms with Crippen molar-refractivity contribution in [2.24, 2.45) is 0 Å². The molecule has 0 saturated heterocycles. The van der Waals surface area contributed by atoms with Crippen molar-refractivity contribution in [3.63, 3.8) is 0 Å². The van der Waals surface area contributed by atoms with Gasteiger partial charge in [0.25, 0.3) is 0 Å². The second kappa shape index (κ2) is 4.77. The summed E-state index contributed by atoms with van der Waals surface area (Å²) in [5.74, 6) is 0. The van der Waals surface area contributed by atoms with Crippen molar-refractivity contribution in [2.45, 2.75) is 45.6 Å². The molecule has 0 aromatic heterocycles. The van der Waals surface area contributed by atoms with Gasteiger partial charge >= 0.3 is 0 Å². The average Bonchev–Trinajstić information content (AvgIpc) is 2.67. The van der Waals surface area contributed by atoms with Crippen LogP contribution in [0, 0.1) is 0 Å². The molecule has 0 radical (unpaired) electrons. The van der Waals surface area contributed by atoms with E-state index in [2.05, 4.69) is 39.0 Å². The predicted octanol–water partition coefficient (Wildman–Crippen LogP) is 2.51. The minimum atomic E-state index is -0.440. The van der Waals surface area contributed by atoms with Crippen LogP contribution in [0.4, 0.5) is 0 Å². The molecular weight excluding hydrogens is 176 g/mol. The third-order valence-corrected chi connectivity index (χ3v) is 4.69. The fourth-order valence-corrected chi connectivity index (χ4v) is 2.78. The van der Waals surface area contributed by atoms with Gasteiger partial charge in [-0.3, -0.25) is 0 Å². The van der Waals surface area contributed by atoms with E-state index in [-0.39, 0.29) is 5.60 Å². The smallest absolute Gasteiger partial charge is 0.189 e. The van der Waals surface area contributed by atoms with Crippen LogP contribution in [-0.2, 0) is 4.43 Å². The SMILES string of the molecule is CCC(C)(CC)O[SiH2]C1=CC=CC1. The Kier molecular flexibility index (Phi) is 3.94. The Labute approximate surface area is 83.8 Å². The van der Waals surface area contributed by atoms with E-state index in [9.17, 15) is 0 Å². The quantitative estimate of drug-likeness (QED) is 0.614. The van der Waals surface area contributed by atoms with E-state index in [1.807, 2.05) is 0 Å². The van der Waals surface area contributed by atoms with Gasteiger partial charge in [0.05, 0.1) is 5.60 Å². The van der Waals surface area contributed by atoms with Gasteiger partial charge in [-0.1, -0.05) is 37.3 Å². The minimum Gasteiger partial charge on any atom is -0.414 e. The van der Waals surface area contributed by atoms with E-state index in [4.69, 9.17) is 4.43 Å². The highest BCUT2D eigenvalue weighted by Crippen LogP contribution is 2.20. The summed E-state index contributed by atoms with van der Waals surface area (Å²) in [7, 11) is -0.440. The van der Waals surface area contributed by atoms with E-state index < -0.39 is 9.76 Å². The molecule has 1 aliphatic carbocycles. The molecule has 1 aliphatic rings. The lowest BCUT2D eigenvalue weighted by Crippen LogP contribution is -2.29. The summed E-state index contributed by atoms with van der Waals surface area (Å²) in [6.45, 7) is 6.64. The van der Waals surface area contributed by atoms with Crippen molar-refractivity contribution in [2.75, 3.05) is 0 Å². The summed E-state index contributed by atoms with van der Waals surface area (Å²) < 4.78 is 6.04. The summed E-state index contributed by atoms with van der Waals surface area (Å²) in [6.07, 6.45) is 9.95. The van der Waals surface area contributed by atoms with Crippen molar-refractivity contribution in [3.05, 3.63) is 23.4 Å². The highest BCUT2D eigenvalue weighted by Gasteiger charge is 2.20. The second-order valence-corrected chi connectivity index (χ2v) is 5.39. The Morgan fingerprint density at radius 3 is 2.62 bits per heavy atom. The minimum absolute atomic E-state index is 0.135. The Morgan fingerprint density at radius 2 is 2.15 bits per heavy atom. The van der Waals surface area contributed by atoms with Crippen LogP contribution in [0.1, 0.15) is 40.0 Å². The van der Waals surface area contributed by atoms with E-state index >= 15 is 0 Å². The molecule has 1 rings (SSSR count). The molecule has 0 saturated carbocycles. The summed E-state index contributed by atoms with van der Waals surface area (Å²) in [4.78, 5) is 0. The maximum atomic E-state index is 6.04. The molecule has 0 unspecified atom stereocenters. The lowest BCUT2D eigenvalue weighted by Gasteiger charge is -2.28. The lowest BCUT2D eigenvalue weighted by atomic mass is 10.0. The van der Waals surface area contributed by atoms with E-state index in [0.29, 0.717) is 0 Å². The van der Waals surface area contributed by atoms with Gasteiger partial charge in [-0.2, -0.15) is 0 Å². The molecule has 0 heterocycles. The molecule has 13 heavy (non-hydrogen) atoms. The number of hydrogen-bond acceptors (Lipinski definition) is 1. The van der Waals surface area contributed by atoms with Crippen molar-refractivity contribution in [1.29, 1.82) is 0 Å². The highest BCUT2D eigenvalue weighted by atomic mass is 28.2. The van der Waals surface area contributed by atoms with Gasteiger partial charge in [0.1, 0.15) is 0 Å². The zero-order valence-corrected chi connectivity index (χ0v) is 10.4. The van der Waals surface area contributed by atoms with Crippen LogP contribution < -0.4 is 0 Å². The molecule has 0 fully saturated rings. The lowest BCUT2D eigenvalue weighted by molar-refractivity contribution is 0.0871. The van der Waals surface area contributed by atoms with Gasteiger partial charge in [0, 0.05) is 0 Å². The monoisotopic (exact) mass is 196 g/mol.